The van der Waals surface area contributed by atoms with Gasteiger partial charge in [0, 0.05) is 6.20 Å². The van der Waals surface area contributed by atoms with E-state index in [1.807, 2.05) is 0 Å². The molecule has 0 fully saturated rings. The Bertz CT molecular complexity index is 290. The number of nitrogens with two attached hydrogens (primary N) is 1. The number of hydrogen-bond acceptors (Lipinski definition) is 3. The van der Waals surface area contributed by atoms with Crippen molar-refractivity contribution in [3.05, 3.63) is 17.0 Å². The molecule has 1 aromatic heterocycles. The maximum atomic E-state index is 5.40. The van der Waals surface area contributed by atoms with Crippen LogP contribution in [0.4, 0.5) is 5.82 Å². The van der Waals surface area contributed by atoms with Gasteiger partial charge in [-0.1, -0.05) is 5.92 Å². The maximum absolute atomic E-state index is 5.40. The van der Waals surface area contributed by atoms with Gasteiger partial charge in [0.15, 0.2) is 0 Å². The van der Waals surface area contributed by atoms with Gasteiger partial charge >= 0.3 is 0 Å². The Morgan fingerprint density at radius 2 is 2.40 bits per heavy atom. The van der Waals surface area contributed by atoms with E-state index in [4.69, 9.17) is 23.8 Å². The van der Waals surface area contributed by atoms with Gasteiger partial charge in [0.2, 0.25) is 5.28 Å². The molecule has 0 radical (unpaired) electrons. The number of halogens is 1. The zero-order valence-electron chi connectivity index (χ0n) is 5.00. The minimum atomic E-state index is 0.108. The Kier molecular flexibility index (Phi) is 1.74. The highest BCUT2D eigenvalue weighted by Crippen LogP contribution is 2.07. The summed E-state index contributed by atoms with van der Waals surface area (Å²) in [7, 11) is 0. The van der Waals surface area contributed by atoms with Crippen molar-refractivity contribution in [2.45, 2.75) is 0 Å². The maximum Gasteiger partial charge on any atom is 0.224 e. The zero-order chi connectivity index (χ0) is 7.56. The molecule has 1 rings (SSSR count). The SMILES string of the molecule is C#Cc1cnc(Cl)nc1N. The number of hydrogen-bond donors (Lipinski definition) is 1. The first-order valence-corrected chi connectivity index (χ1v) is 2.86. The van der Waals surface area contributed by atoms with Gasteiger partial charge in [-0.3, -0.25) is 0 Å². The molecule has 0 aromatic carbocycles. The lowest BCUT2D eigenvalue weighted by Crippen LogP contribution is -1.95. The van der Waals surface area contributed by atoms with E-state index in [1.54, 1.807) is 0 Å². The Balaban J connectivity index is 3.23. The van der Waals surface area contributed by atoms with Crippen molar-refractivity contribution >= 4 is 17.4 Å². The highest BCUT2D eigenvalue weighted by molar-refractivity contribution is 6.28. The predicted octanol–water partition coefficient (Wildman–Crippen LogP) is 0.693. The first kappa shape index (κ1) is 6.84. The average molecular weight is 154 g/mol. The molecule has 0 atom stereocenters. The topological polar surface area (TPSA) is 51.8 Å². The van der Waals surface area contributed by atoms with Crippen molar-refractivity contribution in [2.75, 3.05) is 5.73 Å². The highest BCUT2D eigenvalue weighted by atomic mass is 35.5. The molecule has 0 aliphatic heterocycles. The van der Waals surface area contributed by atoms with E-state index in [1.165, 1.54) is 6.20 Å². The van der Waals surface area contributed by atoms with Crippen LogP contribution in [0.3, 0.4) is 0 Å². The molecule has 1 heterocycles. The second-order valence-electron chi connectivity index (χ2n) is 1.58. The van der Waals surface area contributed by atoms with Gasteiger partial charge in [-0.25, -0.2) is 4.98 Å². The van der Waals surface area contributed by atoms with Crippen LogP contribution < -0.4 is 5.73 Å². The molecule has 0 bridgehead atoms. The number of rotatable bonds is 0. The van der Waals surface area contributed by atoms with E-state index in [0.717, 1.165) is 0 Å². The minimum absolute atomic E-state index is 0.108. The summed E-state index contributed by atoms with van der Waals surface area (Å²) in [6, 6.07) is 0. The lowest BCUT2D eigenvalue weighted by Gasteiger charge is -1.94. The molecule has 10 heavy (non-hydrogen) atoms. The molecular weight excluding hydrogens is 150 g/mol. The van der Waals surface area contributed by atoms with Gasteiger partial charge in [-0.15, -0.1) is 6.42 Å². The van der Waals surface area contributed by atoms with Gasteiger partial charge in [0.05, 0.1) is 5.56 Å². The van der Waals surface area contributed by atoms with Gasteiger partial charge in [-0.05, 0) is 11.6 Å². The van der Waals surface area contributed by atoms with Crippen LogP contribution in [0.15, 0.2) is 6.20 Å². The van der Waals surface area contributed by atoms with E-state index in [-0.39, 0.29) is 11.1 Å². The van der Waals surface area contributed by atoms with Crippen LogP contribution in [0, 0.1) is 12.3 Å². The molecule has 3 nitrogen and oxygen atoms in total. The van der Waals surface area contributed by atoms with Crippen molar-refractivity contribution in [3.8, 4) is 12.3 Å². The standard InChI is InChI=1S/C6H4ClN3/c1-2-4-3-9-6(7)10-5(4)8/h1,3H,(H2,8,9,10). The third-order valence-electron chi connectivity index (χ3n) is 0.944. The molecule has 0 saturated heterocycles. The van der Waals surface area contributed by atoms with Gasteiger partial charge in [0.25, 0.3) is 0 Å². The summed E-state index contributed by atoms with van der Waals surface area (Å²) in [6.07, 6.45) is 6.46. The summed E-state index contributed by atoms with van der Waals surface area (Å²) >= 11 is 5.40. The summed E-state index contributed by atoms with van der Waals surface area (Å²) < 4.78 is 0. The van der Waals surface area contributed by atoms with E-state index in [9.17, 15) is 0 Å². The Labute approximate surface area is 63.2 Å². The number of aromatic nitrogens is 2. The van der Waals surface area contributed by atoms with Crippen molar-refractivity contribution < 1.29 is 0 Å². The normalized spacial score (nSPS) is 8.80. The quantitative estimate of drug-likeness (QED) is 0.441. The van der Waals surface area contributed by atoms with Crippen LogP contribution in [-0.4, -0.2) is 9.97 Å². The average Bonchev–Trinajstić information content (AvgIpc) is 1.88. The summed E-state index contributed by atoms with van der Waals surface area (Å²) in [4.78, 5) is 7.28. The molecule has 50 valence electrons. The van der Waals surface area contributed by atoms with Gasteiger partial charge in [-0.2, -0.15) is 4.98 Å². The smallest absolute Gasteiger partial charge is 0.224 e. The number of nitrogen functional groups attached to an aromatic ring is 1. The second-order valence-corrected chi connectivity index (χ2v) is 1.92. The van der Waals surface area contributed by atoms with Gasteiger partial charge < -0.3 is 5.73 Å². The van der Waals surface area contributed by atoms with Crippen molar-refractivity contribution in [1.82, 2.24) is 9.97 Å². The van der Waals surface area contributed by atoms with Crippen molar-refractivity contribution in [2.24, 2.45) is 0 Å². The molecule has 1 aromatic rings. The number of nitrogens with zero attached hydrogens (tertiary/aromatic N) is 2. The molecule has 0 amide bonds. The Morgan fingerprint density at radius 1 is 1.70 bits per heavy atom. The van der Waals surface area contributed by atoms with Gasteiger partial charge in [0.1, 0.15) is 5.82 Å². The predicted molar refractivity (Wildman–Crippen MR) is 39.4 cm³/mol. The Hall–Kier alpha value is -1.27. The highest BCUT2D eigenvalue weighted by Gasteiger charge is 1.97. The third kappa shape index (κ3) is 1.17. The van der Waals surface area contributed by atoms with Crippen LogP contribution in [-0.2, 0) is 0 Å². The third-order valence-corrected chi connectivity index (χ3v) is 1.13. The fourth-order valence-electron chi connectivity index (χ4n) is 0.484. The molecule has 0 spiro atoms. The summed E-state index contributed by atoms with van der Waals surface area (Å²) in [5.74, 6) is 2.55. The largest absolute Gasteiger partial charge is 0.383 e. The van der Waals surface area contributed by atoms with E-state index < -0.39 is 0 Å². The summed E-state index contributed by atoms with van der Waals surface area (Å²) in [6.45, 7) is 0. The summed E-state index contributed by atoms with van der Waals surface area (Å²) in [5.41, 5.74) is 5.82. The second kappa shape index (κ2) is 2.54. The lowest BCUT2D eigenvalue weighted by molar-refractivity contribution is 1.17. The minimum Gasteiger partial charge on any atom is -0.383 e. The van der Waals surface area contributed by atoms with Crippen LogP contribution in [0.2, 0.25) is 5.28 Å². The van der Waals surface area contributed by atoms with Crippen molar-refractivity contribution in [1.29, 1.82) is 0 Å². The molecule has 0 aliphatic rings. The molecular formula is C6H4ClN3. The monoisotopic (exact) mass is 153 g/mol. The van der Waals surface area contributed by atoms with Crippen LogP contribution in [0.1, 0.15) is 5.56 Å². The van der Waals surface area contributed by atoms with E-state index in [2.05, 4.69) is 15.9 Å². The fourth-order valence-corrected chi connectivity index (χ4v) is 0.623. The first-order valence-electron chi connectivity index (χ1n) is 2.48. The zero-order valence-corrected chi connectivity index (χ0v) is 5.76. The lowest BCUT2D eigenvalue weighted by atomic mass is 10.3. The number of terminal acetylenes is 1. The Morgan fingerprint density at radius 3 is 2.90 bits per heavy atom. The van der Waals surface area contributed by atoms with Crippen LogP contribution in [0.5, 0.6) is 0 Å². The molecule has 0 saturated carbocycles. The van der Waals surface area contributed by atoms with Crippen molar-refractivity contribution in [3.63, 3.8) is 0 Å². The molecule has 4 heteroatoms. The molecule has 0 unspecified atom stereocenters. The first-order chi connectivity index (χ1) is 4.74. The summed E-state index contributed by atoms with van der Waals surface area (Å²) in [5, 5.41) is 0.108. The van der Waals surface area contributed by atoms with Crippen LogP contribution >= 0.6 is 11.6 Å². The number of anilines is 1. The van der Waals surface area contributed by atoms with E-state index in [0.29, 0.717) is 5.56 Å². The van der Waals surface area contributed by atoms with Crippen LogP contribution in [0.25, 0.3) is 0 Å². The molecule has 0 aliphatic carbocycles. The fraction of sp³-hybridized carbons (Fsp3) is 0. The van der Waals surface area contributed by atoms with E-state index >= 15 is 0 Å². The molecule has 2 N–H and O–H groups in total.